The number of anilines is 2. The van der Waals surface area contributed by atoms with Crippen LogP contribution in [0.4, 0.5) is 11.4 Å². The minimum absolute atomic E-state index is 0.0498. The Bertz CT molecular complexity index is 1480. The first-order valence-electron chi connectivity index (χ1n) is 10.6. The molecular formula is C26H17Cl4N3O2. The number of hydrogen-bond donors (Lipinski definition) is 1. The molecule has 0 saturated carbocycles. The molecule has 2 heterocycles. The lowest BCUT2D eigenvalue weighted by atomic mass is 10.1. The Morgan fingerprint density at radius 3 is 2.37 bits per heavy atom. The van der Waals surface area contributed by atoms with Gasteiger partial charge in [0.1, 0.15) is 0 Å². The molecule has 0 spiro atoms. The summed E-state index contributed by atoms with van der Waals surface area (Å²) >= 11 is 25.1. The Kier molecular flexibility index (Phi) is 6.51. The van der Waals surface area contributed by atoms with Crippen molar-refractivity contribution in [3.05, 3.63) is 115 Å². The van der Waals surface area contributed by atoms with Crippen LogP contribution in [-0.4, -0.2) is 16.4 Å². The van der Waals surface area contributed by atoms with Crippen molar-refractivity contribution in [2.24, 2.45) is 0 Å². The van der Waals surface area contributed by atoms with Crippen LogP contribution in [0.2, 0.25) is 20.1 Å². The molecule has 1 N–H and O–H groups in total. The fourth-order valence-corrected chi connectivity index (χ4v) is 5.04. The number of rotatable bonds is 3. The summed E-state index contributed by atoms with van der Waals surface area (Å²) in [6.45, 7) is 1.04. The Morgan fingerprint density at radius 1 is 0.800 bits per heavy atom. The Morgan fingerprint density at radius 2 is 1.57 bits per heavy atom. The smallest absolute Gasteiger partial charge is 0.260 e. The second-order valence-corrected chi connectivity index (χ2v) is 9.61. The van der Waals surface area contributed by atoms with Gasteiger partial charge in [-0.1, -0.05) is 64.6 Å². The predicted molar refractivity (Wildman–Crippen MR) is 141 cm³/mol. The number of carbonyl (C=O) groups is 2. The van der Waals surface area contributed by atoms with Crippen LogP contribution < -0.4 is 10.2 Å². The number of amides is 2. The van der Waals surface area contributed by atoms with E-state index in [0.717, 1.165) is 16.9 Å². The van der Waals surface area contributed by atoms with Gasteiger partial charge in [0.25, 0.3) is 11.8 Å². The summed E-state index contributed by atoms with van der Waals surface area (Å²) in [5.74, 6) is -0.775. The Labute approximate surface area is 221 Å². The highest BCUT2D eigenvalue weighted by Crippen LogP contribution is 2.36. The average Bonchev–Trinajstić information content (AvgIpc) is 3.20. The monoisotopic (exact) mass is 543 g/mol. The van der Waals surface area contributed by atoms with Gasteiger partial charge in [-0.05, 0) is 54.1 Å². The Hall–Kier alpha value is -2.96. The molecule has 0 aliphatic carbocycles. The Balaban J connectivity index is 1.47. The van der Waals surface area contributed by atoms with Crippen LogP contribution in [0.25, 0.3) is 0 Å². The molecule has 2 amide bonds. The number of hydrogen-bond acceptors (Lipinski definition) is 2. The van der Waals surface area contributed by atoms with Gasteiger partial charge in [-0.25, -0.2) is 0 Å². The number of nitrogens with zero attached hydrogens (tertiary/aromatic N) is 2. The molecule has 0 saturated heterocycles. The third-order valence-corrected chi connectivity index (χ3v) is 7.28. The van der Waals surface area contributed by atoms with E-state index in [4.69, 9.17) is 46.4 Å². The van der Waals surface area contributed by atoms with E-state index in [1.165, 1.54) is 12.1 Å². The van der Waals surface area contributed by atoms with Gasteiger partial charge in [0.05, 0.1) is 38.4 Å². The minimum Gasteiger partial charge on any atom is -0.345 e. The number of para-hydroxylation sites is 1. The maximum Gasteiger partial charge on any atom is 0.260 e. The van der Waals surface area contributed by atoms with Crippen molar-refractivity contribution in [3.63, 3.8) is 0 Å². The molecule has 9 heteroatoms. The number of fused-ring (bicyclic) bond motifs is 2. The van der Waals surface area contributed by atoms with E-state index in [9.17, 15) is 9.59 Å². The van der Waals surface area contributed by atoms with Crippen molar-refractivity contribution in [2.75, 3.05) is 10.2 Å². The van der Waals surface area contributed by atoms with Crippen molar-refractivity contribution >= 4 is 69.6 Å². The highest BCUT2D eigenvalue weighted by Gasteiger charge is 2.27. The van der Waals surface area contributed by atoms with Crippen molar-refractivity contribution in [1.82, 2.24) is 4.57 Å². The van der Waals surface area contributed by atoms with E-state index >= 15 is 0 Å². The predicted octanol–water partition coefficient (Wildman–Crippen LogP) is 7.56. The molecule has 35 heavy (non-hydrogen) atoms. The van der Waals surface area contributed by atoms with Gasteiger partial charge < -0.3 is 14.8 Å². The van der Waals surface area contributed by atoms with E-state index in [-0.39, 0.29) is 37.8 Å². The molecule has 3 aromatic carbocycles. The van der Waals surface area contributed by atoms with Crippen molar-refractivity contribution in [2.45, 2.75) is 13.1 Å². The molecule has 0 fully saturated rings. The van der Waals surface area contributed by atoms with Crippen molar-refractivity contribution in [3.8, 4) is 0 Å². The summed E-state index contributed by atoms with van der Waals surface area (Å²) in [4.78, 5) is 28.1. The van der Waals surface area contributed by atoms with Gasteiger partial charge in [-0.2, -0.15) is 0 Å². The normalized spacial score (nSPS) is 12.5. The molecule has 0 atom stereocenters. The largest absolute Gasteiger partial charge is 0.345 e. The lowest BCUT2D eigenvalue weighted by molar-refractivity contribution is 0.0984. The van der Waals surface area contributed by atoms with Gasteiger partial charge in [0.2, 0.25) is 0 Å². The second-order valence-electron chi connectivity index (χ2n) is 8.01. The summed E-state index contributed by atoms with van der Waals surface area (Å²) in [5, 5.41) is 3.42. The second kappa shape index (κ2) is 9.59. The lowest BCUT2D eigenvalue weighted by Crippen LogP contribution is -2.31. The van der Waals surface area contributed by atoms with Crippen LogP contribution in [0.15, 0.2) is 72.9 Å². The fourth-order valence-electron chi connectivity index (χ4n) is 4.09. The zero-order chi connectivity index (χ0) is 24.7. The number of carbonyl (C=O) groups excluding carboxylic acids is 2. The molecule has 0 unspecified atom stereocenters. The first-order chi connectivity index (χ1) is 16.8. The molecular weight excluding hydrogens is 528 g/mol. The topological polar surface area (TPSA) is 54.3 Å². The maximum atomic E-state index is 13.7. The summed E-state index contributed by atoms with van der Waals surface area (Å²) in [6.07, 6.45) is 1.99. The number of aromatic nitrogens is 1. The summed E-state index contributed by atoms with van der Waals surface area (Å²) in [7, 11) is 0. The quantitative estimate of drug-likeness (QED) is 0.289. The molecule has 176 valence electrons. The van der Waals surface area contributed by atoms with Crippen molar-refractivity contribution in [1.29, 1.82) is 0 Å². The molecule has 1 aliphatic rings. The van der Waals surface area contributed by atoms with Gasteiger partial charge in [0.15, 0.2) is 0 Å². The average molecular weight is 545 g/mol. The summed E-state index contributed by atoms with van der Waals surface area (Å²) in [5.41, 5.74) is 3.54. The molecule has 0 bridgehead atoms. The zero-order valence-corrected chi connectivity index (χ0v) is 21.1. The highest BCUT2D eigenvalue weighted by molar-refractivity contribution is 6.46. The van der Waals surface area contributed by atoms with E-state index in [0.29, 0.717) is 18.1 Å². The van der Waals surface area contributed by atoms with Crippen LogP contribution in [0.5, 0.6) is 0 Å². The van der Waals surface area contributed by atoms with Crippen LogP contribution in [0.3, 0.4) is 0 Å². The standard InChI is InChI=1S/C26H17Cl4N3O2/c27-16-7-8-18(20(28)12-16)25(34)31-21-10-9-19(23(29)24(21)30)26(35)33-14-17-5-3-11-32(17)13-15-4-1-2-6-22(15)33/h1-12H,13-14H2,(H,31,34). The molecule has 0 radical (unpaired) electrons. The molecule has 4 aromatic rings. The molecule has 1 aromatic heterocycles. The summed E-state index contributed by atoms with van der Waals surface area (Å²) < 4.78 is 2.11. The lowest BCUT2D eigenvalue weighted by Gasteiger charge is -2.24. The molecule has 1 aliphatic heterocycles. The zero-order valence-electron chi connectivity index (χ0n) is 18.1. The fraction of sp³-hybridized carbons (Fsp3) is 0.0769. The summed E-state index contributed by atoms with van der Waals surface area (Å²) in [6, 6.07) is 19.4. The van der Waals surface area contributed by atoms with Crippen LogP contribution >= 0.6 is 46.4 Å². The van der Waals surface area contributed by atoms with E-state index in [1.807, 2.05) is 42.6 Å². The van der Waals surface area contributed by atoms with Crippen LogP contribution in [-0.2, 0) is 13.1 Å². The molecule has 5 nitrogen and oxygen atoms in total. The minimum atomic E-state index is -0.481. The number of benzene rings is 3. The highest BCUT2D eigenvalue weighted by atomic mass is 35.5. The van der Waals surface area contributed by atoms with Crippen LogP contribution in [0.1, 0.15) is 32.0 Å². The van der Waals surface area contributed by atoms with Gasteiger partial charge >= 0.3 is 0 Å². The van der Waals surface area contributed by atoms with Gasteiger partial charge in [0, 0.05) is 29.1 Å². The van der Waals surface area contributed by atoms with Crippen molar-refractivity contribution < 1.29 is 9.59 Å². The van der Waals surface area contributed by atoms with Gasteiger partial charge in [-0.3, -0.25) is 9.59 Å². The maximum absolute atomic E-state index is 13.7. The molecule has 5 rings (SSSR count). The number of halogens is 4. The van der Waals surface area contributed by atoms with Gasteiger partial charge in [-0.15, -0.1) is 0 Å². The first-order valence-corrected chi connectivity index (χ1v) is 12.1. The first kappa shape index (κ1) is 23.8. The van der Waals surface area contributed by atoms with E-state index in [1.54, 1.807) is 23.1 Å². The third kappa shape index (κ3) is 4.53. The van der Waals surface area contributed by atoms with Crippen LogP contribution in [0, 0.1) is 0 Å². The number of nitrogens with one attached hydrogen (secondary N) is 1. The SMILES string of the molecule is O=C(Nc1ccc(C(=O)N2Cc3cccn3Cc3ccccc32)c(Cl)c1Cl)c1ccc(Cl)cc1Cl. The van der Waals surface area contributed by atoms with E-state index < -0.39 is 5.91 Å². The van der Waals surface area contributed by atoms with E-state index in [2.05, 4.69) is 9.88 Å². The third-order valence-electron chi connectivity index (χ3n) is 5.85.